The summed E-state index contributed by atoms with van der Waals surface area (Å²) >= 11 is 1.30. The predicted molar refractivity (Wildman–Crippen MR) is 156 cm³/mol. The van der Waals surface area contributed by atoms with Crippen molar-refractivity contribution < 1.29 is 14.3 Å². The Morgan fingerprint density at radius 1 is 0.949 bits per heavy atom. The second-order valence-corrected chi connectivity index (χ2v) is 10.8. The molecule has 9 heteroatoms. The number of hydrazone groups is 1. The van der Waals surface area contributed by atoms with E-state index < -0.39 is 0 Å². The highest BCUT2D eigenvalue weighted by Gasteiger charge is 2.19. The van der Waals surface area contributed by atoms with E-state index in [1.54, 1.807) is 20.3 Å². The van der Waals surface area contributed by atoms with Gasteiger partial charge in [-0.1, -0.05) is 75.0 Å². The predicted octanol–water partition coefficient (Wildman–Crippen LogP) is 5.88. The van der Waals surface area contributed by atoms with E-state index in [-0.39, 0.29) is 17.1 Å². The normalized spacial score (nSPS) is 11.8. The van der Waals surface area contributed by atoms with Crippen LogP contribution < -0.4 is 14.9 Å². The zero-order valence-electron chi connectivity index (χ0n) is 23.1. The highest BCUT2D eigenvalue weighted by atomic mass is 32.2. The Balaban J connectivity index is 1.51. The molecule has 1 N–H and O–H groups in total. The molecule has 3 aromatic carbocycles. The van der Waals surface area contributed by atoms with Gasteiger partial charge < -0.3 is 9.47 Å². The van der Waals surface area contributed by atoms with Crippen LogP contribution in [0.1, 0.15) is 38.8 Å². The van der Waals surface area contributed by atoms with Gasteiger partial charge in [0.25, 0.3) is 5.91 Å². The molecule has 0 saturated carbocycles. The molecule has 202 valence electrons. The van der Waals surface area contributed by atoms with Crippen molar-refractivity contribution in [2.45, 2.75) is 38.3 Å². The first-order valence-electron chi connectivity index (χ1n) is 12.5. The van der Waals surface area contributed by atoms with Gasteiger partial charge >= 0.3 is 0 Å². The fourth-order valence-electron chi connectivity index (χ4n) is 3.91. The molecule has 8 nitrogen and oxygen atoms in total. The second kappa shape index (κ2) is 12.2. The molecular formula is C30H33N5O3S. The summed E-state index contributed by atoms with van der Waals surface area (Å²) in [4.78, 5) is 12.7. The smallest absolute Gasteiger partial charge is 0.250 e. The Morgan fingerprint density at radius 2 is 1.64 bits per heavy atom. The minimum Gasteiger partial charge on any atom is -0.493 e. The van der Waals surface area contributed by atoms with E-state index in [1.807, 2.05) is 54.0 Å². The number of amides is 1. The lowest BCUT2D eigenvalue weighted by atomic mass is 9.87. The Morgan fingerprint density at radius 3 is 2.28 bits per heavy atom. The van der Waals surface area contributed by atoms with E-state index in [0.717, 1.165) is 16.8 Å². The van der Waals surface area contributed by atoms with Crippen LogP contribution in [-0.2, 0) is 10.2 Å². The van der Waals surface area contributed by atoms with Gasteiger partial charge in [0.05, 0.1) is 25.7 Å². The van der Waals surface area contributed by atoms with Gasteiger partial charge in [-0.3, -0.25) is 9.36 Å². The molecule has 39 heavy (non-hydrogen) atoms. The van der Waals surface area contributed by atoms with E-state index in [2.05, 4.69) is 65.8 Å². The van der Waals surface area contributed by atoms with Crippen LogP contribution in [0.25, 0.3) is 17.1 Å². The van der Waals surface area contributed by atoms with Gasteiger partial charge in [0.1, 0.15) is 0 Å². The number of carbonyl (C=O) groups excluding carboxylic acids is 1. The van der Waals surface area contributed by atoms with Gasteiger partial charge in [-0.25, -0.2) is 5.43 Å². The molecule has 4 aromatic rings. The van der Waals surface area contributed by atoms with Crippen molar-refractivity contribution in [3.8, 4) is 28.6 Å². The number of nitrogens with one attached hydrogen (secondary N) is 1. The van der Waals surface area contributed by atoms with Crippen molar-refractivity contribution in [1.29, 1.82) is 0 Å². The number of hydrogen-bond acceptors (Lipinski definition) is 7. The van der Waals surface area contributed by atoms with E-state index in [1.165, 1.54) is 17.3 Å². The number of hydrogen-bond donors (Lipinski definition) is 1. The standard InChI is InChI=1S/C30H33N5O3S/c1-20(22-14-17-25(37-5)26(18-22)38-6)31-32-27(36)19-39-29-34-33-28(35(29)24-10-8-7-9-11-24)21-12-15-23(16-13-21)30(2,3)4/h7-18H,19H2,1-6H3,(H,32,36). The van der Waals surface area contributed by atoms with Crippen LogP contribution in [0, 0.1) is 0 Å². The number of thioether (sulfide) groups is 1. The molecule has 0 atom stereocenters. The maximum absolute atomic E-state index is 12.7. The van der Waals surface area contributed by atoms with Crippen LogP contribution in [-0.4, -0.2) is 46.4 Å². The molecule has 4 rings (SSSR count). The van der Waals surface area contributed by atoms with E-state index in [9.17, 15) is 4.79 Å². The van der Waals surface area contributed by atoms with Crippen LogP contribution in [0.5, 0.6) is 11.5 Å². The van der Waals surface area contributed by atoms with Gasteiger partial charge in [-0.15, -0.1) is 10.2 Å². The topological polar surface area (TPSA) is 90.6 Å². The summed E-state index contributed by atoms with van der Waals surface area (Å²) in [5, 5.41) is 13.8. The molecule has 0 aliphatic carbocycles. The lowest BCUT2D eigenvalue weighted by Gasteiger charge is -2.19. The third-order valence-corrected chi connectivity index (χ3v) is 7.07. The highest BCUT2D eigenvalue weighted by Crippen LogP contribution is 2.30. The zero-order chi connectivity index (χ0) is 28.0. The molecule has 0 saturated heterocycles. The Kier molecular flexibility index (Phi) is 8.71. The van der Waals surface area contributed by atoms with E-state index in [0.29, 0.717) is 28.2 Å². The number of aromatic nitrogens is 3. The van der Waals surface area contributed by atoms with Gasteiger partial charge in [0.2, 0.25) is 0 Å². The zero-order valence-corrected chi connectivity index (χ0v) is 23.9. The van der Waals surface area contributed by atoms with E-state index >= 15 is 0 Å². The molecule has 1 aromatic heterocycles. The fraction of sp³-hybridized carbons (Fsp3) is 0.267. The monoisotopic (exact) mass is 543 g/mol. The van der Waals surface area contributed by atoms with E-state index in [4.69, 9.17) is 9.47 Å². The maximum Gasteiger partial charge on any atom is 0.250 e. The number of para-hydroxylation sites is 1. The van der Waals surface area contributed by atoms with Crippen LogP contribution in [0.4, 0.5) is 0 Å². The summed E-state index contributed by atoms with van der Waals surface area (Å²) in [6.45, 7) is 8.38. The van der Waals surface area contributed by atoms with Crippen molar-refractivity contribution in [3.05, 3.63) is 83.9 Å². The number of methoxy groups -OCH3 is 2. The summed E-state index contributed by atoms with van der Waals surface area (Å²) in [5.41, 5.74) is 7.25. The third-order valence-electron chi connectivity index (χ3n) is 6.14. The molecule has 0 radical (unpaired) electrons. The maximum atomic E-state index is 12.7. The van der Waals surface area contributed by atoms with Crippen molar-refractivity contribution in [2.24, 2.45) is 5.10 Å². The third kappa shape index (κ3) is 6.67. The lowest BCUT2D eigenvalue weighted by Crippen LogP contribution is -2.21. The first-order chi connectivity index (χ1) is 18.7. The molecular weight excluding hydrogens is 510 g/mol. The Hall–Kier alpha value is -4.11. The van der Waals surface area contributed by atoms with Gasteiger partial charge in [-0.05, 0) is 48.2 Å². The van der Waals surface area contributed by atoms with Crippen LogP contribution in [0.2, 0.25) is 0 Å². The minimum absolute atomic E-state index is 0.0558. The highest BCUT2D eigenvalue weighted by molar-refractivity contribution is 7.99. The van der Waals surface area contributed by atoms with Crippen molar-refractivity contribution in [2.75, 3.05) is 20.0 Å². The van der Waals surface area contributed by atoms with Crippen LogP contribution in [0.15, 0.2) is 83.1 Å². The van der Waals surface area contributed by atoms with Gasteiger partial charge in [0.15, 0.2) is 22.5 Å². The lowest BCUT2D eigenvalue weighted by molar-refractivity contribution is -0.118. The molecule has 1 amide bonds. The van der Waals surface area contributed by atoms with Crippen LogP contribution in [0.3, 0.4) is 0 Å². The minimum atomic E-state index is -0.251. The average Bonchev–Trinajstić information content (AvgIpc) is 3.38. The number of benzene rings is 3. The van der Waals surface area contributed by atoms with Gasteiger partial charge in [-0.2, -0.15) is 5.10 Å². The molecule has 0 unspecified atom stereocenters. The summed E-state index contributed by atoms with van der Waals surface area (Å²) in [5.74, 6) is 1.80. The van der Waals surface area contributed by atoms with Crippen LogP contribution >= 0.6 is 11.8 Å². The molecule has 0 aliphatic rings. The number of carbonyl (C=O) groups is 1. The summed E-state index contributed by atoms with van der Waals surface area (Å²) < 4.78 is 12.6. The number of rotatable bonds is 9. The number of nitrogens with zero attached hydrogens (tertiary/aromatic N) is 4. The quantitative estimate of drug-likeness (QED) is 0.161. The summed E-state index contributed by atoms with van der Waals surface area (Å²) in [6.07, 6.45) is 0. The SMILES string of the molecule is COc1ccc(C(C)=NNC(=O)CSc2nnc(-c3ccc(C(C)(C)C)cc3)n2-c2ccccc2)cc1OC. The molecule has 1 heterocycles. The first kappa shape index (κ1) is 27.9. The number of ether oxygens (including phenoxy) is 2. The largest absolute Gasteiger partial charge is 0.493 e. The molecule has 0 spiro atoms. The average molecular weight is 544 g/mol. The summed E-state index contributed by atoms with van der Waals surface area (Å²) in [6, 6.07) is 23.7. The second-order valence-electron chi connectivity index (χ2n) is 9.90. The summed E-state index contributed by atoms with van der Waals surface area (Å²) in [7, 11) is 3.16. The van der Waals surface area contributed by atoms with Gasteiger partial charge in [0, 0.05) is 16.8 Å². The Bertz CT molecular complexity index is 1460. The molecule has 0 bridgehead atoms. The van der Waals surface area contributed by atoms with Crippen molar-refractivity contribution >= 4 is 23.4 Å². The first-order valence-corrected chi connectivity index (χ1v) is 13.5. The van der Waals surface area contributed by atoms with Crippen molar-refractivity contribution in [1.82, 2.24) is 20.2 Å². The molecule has 0 aliphatic heterocycles. The fourth-order valence-corrected chi connectivity index (χ4v) is 4.66. The Labute approximate surface area is 233 Å². The molecule has 0 fully saturated rings. The van der Waals surface area contributed by atoms with Crippen molar-refractivity contribution in [3.63, 3.8) is 0 Å².